The Kier molecular flexibility index (Phi) is 6.29. The number of nitrogens with one attached hydrogen (secondary N) is 1. The van der Waals surface area contributed by atoms with Crippen LogP contribution < -0.4 is 14.8 Å². The zero-order valence-corrected chi connectivity index (χ0v) is 16.4. The largest absolute Gasteiger partial charge is 0.497 e. The number of nitrogens with zero attached hydrogens (tertiary/aromatic N) is 2. The number of methoxy groups -OCH3 is 2. The number of carbonyl (C=O) groups is 1. The maximum absolute atomic E-state index is 13.7. The second-order valence-corrected chi connectivity index (χ2v) is 6.37. The molecule has 0 bridgehead atoms. The van der Waals surface area contributed by atoms with Crippen LogP contribution in [0.1, 0.15) is 23.0 Å². The van der Waals surface area contributed by atoms with Gasteiger partial charge in [0.05, 0.1) is 14.2 Å². The number of amides is 1. The summed E-state index contributed by atoms with van der Waals surface area (Å²) in [4.78, 5) is 16.9. The number of aryl methyl sites for hydroxylation is 1. The molecule has 1 unspecified atom stereocenters. The molecular formula is C22H22FN3O3. The summed E-state index contributed by atoms with van der Waals surface area (Å²) < 4.78 is 26.0. The number of imidazole rings is 1. The Bertz CT molecular complexity index is 1010. The first-order chi connectivity index (χ1) is 14.0. The van der Waals surface area contributed by atoms with Crippen LogP contribution in [-0.2, 0) is 11.8 Å². The van der Waals surface area contributed by atoms with Crippen molar-refractivity contribution in [2.45, 2.75) is 6.04 Å². The summed E-state index contributed by atoms with van der Waals surface area (Å²) in [6, 6.07) is 10.8. The average Bonchev–Trinajstić information content (AvgIpc) is 3.15. The van der Waals surface area contributed by atoms with Crippen molar-refractivity contribution in [1.82, 2.24) is 14.9 Å². The highest BCUT2D eigenvalue weighted by atomic mass is 19.1. The van der Waals surface area contributed by atoms with Crippen molar-refractivity contribution < 1.29 is 18.7 Å². The highest BCUT2D eigenvalue weighted by Gasteiger charge is 2.20. The van der Waals surface area contributed by atoms with Gasteiger partial charge in [0, 0.05) is 31.6 Å². The van der Waals surface area contributed by atoms with Crippen molar-refractivity contribution in [3.63, 3.8) is 0 Å². The molecule has 0 aliphatic heterocycles. The lowest BCUT2D eigenvalue weighted by molar-refractivity contribution is -0.117. The maximum Gasteiger partial charge on any atom is 0.244 e. The highest BCUT2D eigenvalue weighted by Crippen LogP contribution is 2.24. The molecule has 150 valence electrons. The standard InChI is InChI=1S/C22H22FN3O3/c1-26-10-9-24-22(26)21(16-5-4-6-17(23)13-16)25-20(27)8-7-15-11-18(28-2)14-19(12-15)29-3/h4-14,21H,1-3H3,(H,25,27)/b8-7+. The average molecular weight is 395 g/mol. The number of rotatable bonds is 7. The van der Waals surface area contributed by atoms with E-state index in [1.807, 2.05) is 7.05 Å². The molecule has 0 spiro atoms. The van der Waals surface area contributed by atoms with E-state index in [0.717, 1.165) is 5.56 Å². The lowest BCUT2D eigenvalue weighted by Gasteiger charge is -2.18. The van der Waals surface area contributed by atoms with Crippen LogP contribution in [0.3, 0.4) is 0 Å². The van der Waals surface area contributed by atoms with Crippen LogP contribution in [0.2, 0.25) is 0 Å². The number of benzene rings is 2. The van der Waals surface area contributed by atoms with Gasteiger partial charge >= 0.3 is 0 Å². The summed E-state index contributed by atoms with van der Waals surface area (Å²) in [5, 5.41) is 2.89. The second kappa shape index (κ2) is 9.05. The SMILES string of the molecule is COc1cc(/C=C/C(=O)NC(c2cccc(F)c2)c2nccn2C)cc(OC)c1. The highest BCUT2D eigenvalue weighted by molar-refractivity contribution is 5.92. The number of ether oxygens (including phenoxy) is 2. The van der Waals surface area contributed by atoms with Crippen molar-refractivity contribution >= 4 is 12.0 Å². The lowest BCUT2D eigenvalue weighted by Crippen LogP contribution is -2.29. The quantitative estimate of drug-likeness (QED) is 0.622. The molecule has 1 aromatic heterocycles. The van der Waals surface area contributed by atoms with Gasteiger partial charge in [0.2, 0.25) is 5.91 Å². The molecule has 7 heteroatoms. The Hall–Kier alpha value is -3.61. The number of hydrogen-bond acceptors (Lipinski definition) is 4. The van der Waals surface area contributed by atoms with Gasteiger partial charge in [0.25, 0.3) is 0 Å². The third kappa shape index (κ3) is 5.01. The zero-order chi connectivity index (χ0) is 20.8. The first kappa shape index (κ1) is 20.1. The van der Waals surface area contributed by atoms with Gasteiger partial charge < -0.3 is 19.4 Å². The molecule has 2 aromatic carbocycles. The normalized spacial score (nSPS) is 12.0. The van der Waals surface area contributed by atoms with Crippen molar-refractivity contribution in [2.75, 3.05) is 14.2 Å². The third-order valence-corrected chi connectivity index (χ3v) is 4.39. The van der Waals surface area contributed by atoms with E-state index in [-0.39, 0.29) is 11.7 Å². The minimum absolute atomic E-state index is 0.343. The van der Waals surface area contributed by atoms with Crippen LogP contribution in [-0.4, -0.2) is 29.7 Å². The van der Waals surface area contributed by atoms with E-state index in [1.54, 1.807) is 67.6 Å². The van der Waals surface area contributed by atoms with Crippen LogP contribution in [0.5, 0.6) is 11.5 Å². The van der Waals surface area contributed by atoms with E-state index in [4.69, 9.17) is 9.47 Å². The van der Waals surface area contributed by atoms with Crippen LogP contribution >= 0.6 is 0 Å². The van der Waals surface area contributed by atoms with E-state index >= 15 is 0 Å². The van der Waals surface area contributed by atoms with Gasteiger partial charge in [0.1, 0.15) is 29.2 Å². The predicted molar refractivity (Wildman–Crippen MR) is 108 cm³/mol. The van der Waals surface area contributed by atoms with Gasteiger partial charge in [-0.15, -0.1) is 0 Å². The number of carbonyl (C=O) groups excluding carboxylic acids is 1. The molecule has 29 heavy (non-hydrogen) atoms. The Morgan fingerprint density at radius 2 is 1.90 bits per heavy atom. The molecule has 3 aromatic rings. The Morgan fingerprint density at radius 1 is 1.17 bits per heavy atom. The molecule has 0 aliphatic carbocycles. The Balaban J connectivity index is 1.84. The fraction of sp³-hybridized carbons (Fsp3) is 0.182. The van der Waals surface area contributed by atoms with Crippen LogP contribution in [0, 0.1) is 5.82 Å². The monoisotopic (exact) mass is 395 g/mol. The molecule has 1 heterocycles. The summed E-state index contributed by atoms with van der Waals surface area (Å²) in [5.74, 6) is 1.12. The molecule has 3 rings (SSSR count). The van der Waals surface area contributed by atoms with Crippen LogP contribution in [0.15, 0.2) is 60.9 Å². The summed E-state index contributed by atoms with van der Waals surface area (Å²) in [6.45, 7) is 0. The van der Waals surface area contributed by atoms with E-state index in [1.165, 1.54) is 18.2 Å². The molecule has 1 atom stereocenters. The topological polar surface area (TPSA) is 65.4 Å². The van der Waals surface area contributed by atoms with Crippen molar-refractivity contribution in [1.29, 1.82) is 0 Å². The summed E-state index contributed by atoms with van der Waals surface area (Å²) >= 11 is 0. The molecule has 0 saturated heterocycles. The van der Waals surface area contributed by atoms with Gasteiger partial charge in [-0.05, 0) is 41.5 Å². The number of aromatic nitrogens is 2. The fourth-order valence-corrected chi connectivity index (χ4v) is 2.93. The van der Waals surface area contributed by atoms with Crippen molar-refractivity contribution in [3.05, 3.63) is 83.7 Å². The van der Waals surface area contributed by atoms with E-state index in [9.17, 15) is 9.18 Å². The number of hydrogen-bond donors (Lipinski definition) is 1. The van der Waals surface area contributed by atoms with Gasteiger partial charge in [-0.1, -0.05) is 12.1 Å². The fourth-order valence-electron chi connectivity index (χ4n) is 2.93. The molecule has 0 radical (unpaired) electrons. The third-order valence-electron chi connectivity index (χ3n) is 4.39. The molecule has 1 amide bonds. The maximum atomic E-state index is 13.7. The van der Waals surface area contributed by atoms with Crippen LogP contribution in [0.25, 0.3) is 6.08 Å². The van der Waals surface area contributed by atoms with Crippen molar-refractivity contribution in [3.8, 4) is 11.5 Å². The molecule has 0 fully saturated rings. The molecule has 0 saturated carbocycles. The molecular weight excluding hydrogens is 373 g/mol. The Morgan fingerprint density at radius 3 is 2.48 bits per heavy atom. The molecule has 1 N–H and O–H groups in total. The summed E-state index contributed by atoms with van der Waals surface area (Å²) in [6.07, 6.45) is 6.46. The van der Waals surface area contributed by atoms with Crippen molar-refractivity contribution in [2.24, 2.45) is 7.05 Å². The minimum Gasteiger partial charge on any atom is -0.497 e. The van der Waals surface area contributed by atoms with E-state index < -0.39 is 6.04 Å². The molecule has 6 nitrogen and oxygen atoms in total. The van der Waals surface area contributed by atoms with Gasteiger partial charge in [-0.3, -0.25) is 4.79 Å². The van der Waals surface area contributed by atoms with Gasteiger partial charge in [-0.2, -0.15) is 0 Å². The smallest absolute Gasteiger partial charge is 0.244 e. The lowest BCUT2D eigenvalue weighted by atomic mass is 10.1. The first-order valence-corrected chi connectivity index (χ1v) is 8.94. The van der Waals surface area contributed by atoms with Gasteiger partial charge in [-0.25, -0.2) is 9.37 Å². The predicted octanol–water partition coefficient (Wildman–Crippen LogP) is 3.50. The first-order valence-electron chi connectivity index (χ1n) is 8.94. The Labute approximate surface area is 168 Å². The summed E-state index contributed by atoms with van der Waals surface area (Å²) in [7, 11) is 4.94. The second-order valence-electron chi connectivity index (χ2n) is 6.37. The van der Waals surface area contributed by atoms with E-state index in [0.29, 0.717) is 22.9 Å². The molecule has 0 aliphatic rings. The van der Waals surface area contributed by atoms with Crippen LogP contribution in [0.4, 0.5) is 4.39 Å². The zero-order valence-electron chi connectivity index (χ0n) is 16.4. The summed E-state index contributed by atoms with van der Waals surface area (Å²) in [5.41, 5.74) is 1.35. The van der Waals surface area contributed by atoms with E-state index in [2.05, 4.69) is 10.3 Å². The minimum atomic E-state index is -0.595. The van der Waals surface area contributed by atoms with Gasteiger partial charge in [0.15, 0.2) is 0 Å². The number of halogens is 1.